The molecule has 0 bridgehead atoms. The molecule has 9 heteroatoms. The predicted molar refractivity (Wildman–Crippen MR) is 72.8 cm³/mol. The third-order valence-corrected chi connectivity index (χ3v) is 4.86. The molecule has 1 atom stereocenters. The zero-order valence-corrected chi connectivity index (χ0v) is 12.9. The summed E-state index contributed by atoms with van der Waals surface area (Å²) in [7, 11) is -2.63. The van der Waals surface area contributed by atoms with E-state index in [1.54, 1.807) is 0 Å². The van der Waals surface area contributed by atoms with E-state index in [0.717, 1.165) is 0 Å². The normalized spacial score (nSPS) is 13.2. The maximum absolute atomic E-state index is 11.9. The van der Waals surface area contributed by atoms with Crippen molar-refractivity contribution in [1.82, 2.24) is 4.72 Å². The fourth-order valence-corrected chi connectivity index (χ4v) is 2.89. The van der Waals surface area contributed by atoms with Crippen LogP contribution in [0.2, 0.25) is 5.02 Å². The van der Waals surface area contributed by atoms with Gasteiger partial charge in [-0.3, -0.25) is 0 Å². The number of carboxylic acids is 1. The van der Waals surface area contributed by atoms with Crippen LogP contribution < -0.4 is 4.72 Å². The van der Waals surface area contributed by atoms with Crippen molar-refractivity contribution in [3.63, 3.8) is 0 Å². The number of nitrogens with one attached hydrogen (secondary N) is 1. The number of methoxy groups -OCH3 is 1. The Morgan fingerprint density at radius 3 is 2.68 bits per heavy atom. The van der Waals surface area contributed by atoms with E-state index >= 15 is 0 Å². The topological polar surface area (TPSA) is 92.7 Å². The molecule has 0 aliphatic rings. The van der Waals surface area contributed by atoms with E-state index in [0.29, 0.717) is 9.50 Å². The first-order chi connectivity index (χ1) is 8.77. The predicted octanol–water partition coefficient (Wildman–Crippen LogP) is 1.48. The first-order valence-corrected chi connectivity index (χ1v) is 7.63. The first-order valence-electron chi connectivity index (χ1n) is 4.98. The van der Waals surface area contributed by atoms with Crippen molar-refractivity contribution in [1.29, 1.82) is 0 Å². The van der Waals surface area contributed by atoms with Crippen molar-refractivity contribution in [3.05, 3.63) is 27.7 Å². The molecule has 1 rings (SSSR count). The van der Waals surface area contributed by atoms with Gasteiger partial charge in [-0.1, -0.05) is 11.6 Å². The van der Waals surface area contributed by atoms with Gasteiger partial charge in [0.2, 0.25) is 10.0 Å². The fourth-order valence-electron chi connectivity index (χ4n) is 1.18. The molecule has 6 nitrogen and oxygen atoms in total. The van der Waals surface area contributed by atoms with Gasteiger partial charge in [-0.15, -0.1) is 0 Å². The quantitative estimate of drug-likeness (QED) is 0.789. The number of ether oxygens (including phenoxy) is 1. The lowest BCUT2D eigenvalue weighted by Crippen LogP contribution is -2.37. The molecular formula is C10H11BrClNO5S. The third-order valence-electron chi connectivity index (χ3n) is 2.22. The molecule has 2 N–H and O–H groups in total. The monoisotopic (exact) mass is 371 g/mol. The lowest BCUT2D eigenvalue weighted by Gasteiger charge is -2.12. The summed E-state index contributed by atoms with van der Waals surface area (Å²) in [6.45, 7) is -0.367. The van der Waals surface area contributed by atoms with Crippen LogP contribution in [-0.2, 0) is 19.6 Å². The molecule has 0 saturated carbocycles. The molecular weight excluding hydrogens is 362 g/mol. The van der Waals surface area contributed by atoms with E-state index in [2.05, 4.69) is 25.4 Å². The smallest absolute Gasteiger partial charge is 0.334 e. The highest BCUT2D eigenvalue weighted by molar-refractivity contribution is 9.10. The van der Waals surface area contributed by atoms with Gasteiger partial charge in [0.05, 0.1) is 9.92 Å². The van der Waals surface area contributed by atoms with Crippen LogP contribution >= 0.6 is 27.5 Å². The van der Waals surface area contributed by atoms with Crippen molar-refractivity contribution in [3.8, 4) is 0 Å². The molecule has 0 heterocycles. The lowest BCUT2D eigenvalue weighted by molar-refractivity contribution is -0.147. The van der Waals surface area contributed by atoms with Crippen molar-refractivity contribution in [2.24, 2.45) is 0 Å². The molecule has 1 unspecified atom stereocenters. The van der Waals surface area contributed by atoms with Crippen LogP contribution in [0.3, 0.4) is 0 Å². The molecule has 1 aromatic rings. The second-order valence-corrected chi connectivity index (χ2v) is 6.52. The standard InChI is InChI=1S/C10H11BrClNO5S/c1-18-9(10(14)15)5-13-19(16,17)6-2-3-8(12)7(11)4-6/h2-4,9,13H,5H2,1H3,(H,14,15). The van der Waals surface area contributed by atoms with Crippen LogP contribution in [-0.4, -0.2) is 39.3 Å². The summed E-state index contributed by atoms with van der Waals surface area (Å²) in [4.78, 5) is 10.7. The van der Waals surface area contributed by atoms with Gasteiger partial charge < -0.3 is 9.84 Å². The van der Waals surface area contributed by atoms with Gasteiger partial charge in [-0.2, -0.15) is 0 Å². The second kappa shape index (κ2) is 6.67. The molecule has 0 spiro atoms. The lowest BCUT2D eigenvalue weighted by atomic mass is 10.4. The molecule has 0 fully saturated rings. The Morgan fingerprint density at radius 2 is 2.21 bits per heavy atom. The van der Waals surface area contributed by atoms with Crippen molar-refractivity contribution in [2.45, 2.75) is 11.0 Å². The van der Waals surface area contributed by atoms with Crippen LogP contribution in [0.15, 0.2) is 27.6 Å². The van der Waals surface area contributed by atoms with Crippen LogP contribution in [0, 0.1) is 0 Å². The molecule has 0 aromatic heterocycles. The average molecular weight is 373 g/mol. The summed E-state index contributed by atoms with van der Waals surface area (Å²) in [6, 6.07) is 4.07. The van der Waals surface area contributed by atoms with Crippen molar-refractivity contribution >= 4 is 43.5 Å². The highest BCUT2D eigenvalue weighted by Crippen LogP contribution is 2.25. The summed E-state index contributed by atoms with van der Waals surface area (Å²) in [6.07, 6.45) is -1.24. The van der Waals surface area contributed by atoms with Crippen molar-refractivity contribution in [2.75, 3.05) is 13.7 Å². The molecule has 0 amide bonds. The Kier molecular flexibility index (Phi) is 5.75. The summed E-state index contributed by atoms with van der Waals surface area (Å²) >= 11 is 8.87. The zero-order chi connectivity index (χ0) is 14.6. The number of rotatable bonds is 6. The number of hydrogen-bond donors (Lipinski definition) is 2. The Bertz CT molecular complexity index is 577. The summed E-state index contributed by atoms with van der Waals surface area (Å²) in [5.41, 5.74) is 0. The number of halogens is 2. The van der Waals surface area contributed by atoms with Gasteiger partial charge >= 0.3 is 5.97 Å². The van der Waals surface area contributed by atoms with Gasteiger partial charge in [0.15, 0.2) is 6.10 Å². The summed E-state index contributed by atoms with van der Waals surface area (Å²) in [5, 5.41) is 9.11. The Hall–Kier alpha value is -0.670. The zero-order valence-electron chi connectivity index (χ0n) is 9.76. The van der Waals surface area contributed by atoms with Crippen LogP contribution in [0.1, 0.15) is 0 Å². The first kappa shape index (κ1) is 16.4. The van der Waals surface area contributed by atoms with E-state index in [9.17, 15) is 13.2 Å². The molecule has 0 aliphatic carbocycles. The van der Waals surface area contributed by atoms with E-state index in [1.807, 2.05) is 0 Å². The molecule has 19 heavy (non-hydrogen) atoms. The molecule has 0 saturated heterocycles. The maximum atomic E-state index is 11.9. The van der Waals surface area contributed by atoms with Gasteiger partial charge in [0.25, 0.3) is 0 Å². The molecule has 0 radical (unpaired) electrons. The largest absolute Gasteiger partial charge is 0.479 e. The number of aliphatic carboxylic acids is 1. The Balaban J connectivity index is 2.86. The van der Waals surface area contributed by atoms with Crippen LogP contribution in [0.4, 0.5) is 0 Å². The third kappa shape index (κ3) is 4.43. The van der Waals surface area contributed by atoms with E-state index in [1.165, 1.54) is 25.3 Å². The minimum absolute atomic E-state index is 0.0241. The molecule has 1 aromatic carbocycles. The summed E-state index contributed by atoms with van der Waals surface area (Å²) < 4.78 is 31.0. The number of sulfonamides is 1. The van der Waals surface area contributed by atoms with Gasteiger partial charge in [-0.25, -0.2) is 17.9 Å². The molecule has 0 aliphatic heterocycles. The SMILES string of the molecule is COC(CNS(=O)(=O)c1ccc(Cl)c(Br)c1)C(=O)O. The Morgan fingerprint density at radius 1 is 1.58 bits per heavy atom. The van der Waals surface area contributed by atoms with Crippen LogP contribution in [0.5, 0.6) is 0 Å². The number of carboxylic acid groups (broad SMARTS) is 1. The van der Waals surface area contributed by atoms with E-state index in [4.69, 9.17) is 16.7 Å². The maximum Gasteiger partial charge on any atom is 0.334 e. The summed E-state index contributed by atoms with van der Waals surface area (Å²) in [5.74, 6) is -1.25. The van der Waals surface area contributed by atoms with Gasteiger partial charge in [0.1, 0.15) is 0 Å². The van der Waals surface area contributed by atoms with E-state index in [-0.39, 0.29) is 11.4 Å². The number of benzene rings is 1. The minimum atomic E-state index is -3.82. The van der Waals surface area contributed by atoms with Crippen molar-refractivity contribution < 1.29 is 23.1 Å². The average Bonchev–Trinajstić information content (AvgIpc) is 2.32. The van der Waals surface area contributed by atoms with Gasteiger partial charge in [-0.05, 0) is 34.1 Å². The minimum Gasteiger partial charge on any atom is -0.479 e. The van der Waals surface area contributed by atoms with E-state index < -0.39 is 22.1 Å². The fraction of sp³-hybridized carbons (Fsp3) is 0.300. The number of hydrogen-bond acceptors (Lipinski definition) is 4. The Labute approximate surface area is 123 Å². The highest BCUT2D eigenvalue weighted by Gasteiger charge is 2.21. The van der Waals surface area contributed by atoms with Crippen LogP contribution in [0.25, 0.3) is 0 Å². The highest BCUT2D eigenvalue weighted by atomic mass is 79.9. The van der Waals surface area contributed by atoms with Gasteiger partial charge in [0, 0.05) is 18.1 Å². The molecule has 106 valence electrons. The number of carbonyl (C=O) groups is 1. The second-order valence-electron chi connectivity index (χ2n) is 3.49.